The first-order valence-electron chi connectivity index (χ1n) is 4.70. The highest BCUT2D eigenvalue weighted by Crippen LogP contribution is 2.26. The number of nitrogens with two attached hydrogens (primary N) is 1. The molecular formula is C10H11Cl2N3. The van der Waals surface area contributed by atoms with Gasteiger partial charge in [-0.25, -0.2) is 4.99 Å². The van der Waals surface area contributed by atoms with E-state index in [0.29, 0.717) is 22.0 Å². The molecule has 2 rings (SSSR count). The topological polar surface area (TPSA) is 50.4 Å². The molecule has 0 heterocycles. The summed E-state index contributed by atoms with van der Waals surface area (Å²) in [5.41, 5.74) is 6.50. The number of aliphatic imine (C=N–C) groups is 1. The maximum Gasteiger partial charge on any atom is 0.193 e. The zero-order valence-corrected chi connectivity index (χ0v) is 9.52. The standard InChI is InChI=1S/C10H11Cl2N3/c11-8-4-3-7(5-9(8)12)15-10(13)14-6-1-2-6/h3-6H,1-2H2,(H3,13,14,15). The van der Waals surface area contributed by atoms with Gasteiger partial charge in [-0.05, 0) is 31.0 Å². The Kier molecular flexibility index (Phi) is 3.03. The van der Waals surface area contributed by atoms with Gasteiger partial charge in [0.2, 0.25) is 0 Å². The first-order valence-corrected chi connectivity index (χ1v) is 5.46. The lowest BCUT2D eigenvalue weighted by Gasteiger charge is -2.06. The second-order valence-corrected chi connectivity index (χ2v) is 4.31. The van der Waals surface area contributed by atoms with Crippen molar-refractivity contribution >= 4 is 34.8 Å². The summed E-state index contributed by atoms with van der Waals surface area (Å²) in [6, 6.07) is 5.65. The van der Waals surface area contributed by atoms with Crippen molar-refractivity contribution in [2.24, 2.45) is 10.7 Å². The molecule has 0 atom stereocenters. The zero-order chi connectivity index (χ0) is 10.8. The van der Waals surface area contributed by atoms with E-state index in [2.05, 4.69) is 10.3 Å². The third kappa shape index (κ3) is 3.01. The minimum atomic E-state index is 0.403. The van der Waals surface area contributed by atoms with Crippen LogP contribution in [0, 0.1) is 0 Å². The molecule has 0 aromatic heterocycles. The van der Waals surface area contributed by atoms with Crippen LogP contribution in [0.3, 0.4) is 0 Å². The predicted molar refractivity (Wildman–Crippen MR) is 64.7 cm³/mol. The third-order valence-corrected chi connectivity index (χ3v) is 2.80. The van der Waals surface area contributed by atoms with E-state index in [1.54, 1.807) is 12.1 Å². The van der Waals surface area contributed by atoms with Gasteiger partial charge >= 0.3 is 0 Å². The number of guanidine groups is 1. The van der Waals surface area contributed by atoms with Gasteiger partial charge in [-0.2, -0.15) is 0 Å². The highest BCUT2D eigenvalue weighted by molar-refractivity contribution is 6.42. The molecule has 1 aliphatic carbocycles. The Bertz CT molecular complexity index is 400. The van der Waals surface area contributed by atoms with Gasteiger partial charge in [-0.1, -0.05) is 23.2 Å². The minimum Gasteiger partial charge on any atom is -0.370 e. The Morgan fingerprint density at radius 2 is 2.07 bits per heavy atom. The number of nitrogens with zero attached hydrogens (tertiary/aromatic N) is 1. The van der Waals surface area contributed by atoms with Crippen LogP contribution in [-0.2, 0) is 0 Å². The maximum absolute atomic E-state index is 5.86. The summed E-state index contributed by atoms with van der Waals surface area (Å²) in [5.74, 6) is 0.427. The molecule has 1 saturated carbocycles. The smallest absolute Gasteiger partial charge is 0.193 e. The molecule has 0 saturated heterocycles. The van der Waals surface area contributed by atoms with Crippen molar-refractivity contribution in [3.8, 4) is 0 Å². The summed E-state index contributed by atoms with van der Waals surface area (Å²) >= 11 is 11.7. The Morgan fingerprint density at radius 3 is 2.67 bits per heavy atom. The number of hydrogen-bond donors (Lipinski definition) is 2. The highest BCUT2D eigenvalue weighted by Gasteiger charge is 2.20. The molecule has 0 radical (unpaired) electrons. The van der Waals surface area contributed by atoms with Crippen LogP contribution in [0.4, 0.5) is 5.69 Å². The fourth-order valence-corrected chi connectivity index (χ4v) is 1.45. The van der Waals surface area contributed by atoms with E-state index in [4.69, 9.17) is 28.9 Å². The van der Waals surface area contributed by atoms with E-state index in [-0.39, 0.29) is 0 Å². The molecule has 1 fully saturated rings. The lowest BCUT2D eigenvalue weighted by atomic mass is 10.3. The molecule has 15 heavy (non-hydrogen) atoms. The van der Waals surface area contributed by atoms with Crippen LogP contribution < -0.4 is 11.1 Å². The van der Waals surface area contributed by atoms with Gasteiger partial charge < -0.3 is 11.1 Å². The number of rotatable bonds is 2. The van der Waals surface area contributed by atoms with E-state index in [1.807, 2.05) is 6.07 Å². The van der Waals surface area contributed by atoms with Crippen molar-refractivity contribution in [2.75, 3.05) is 5.32 Å². The largest absolute Gasteiger partial charge is 0.370 e. The summed E-state index contributed by atoms with van der Waals surface area (Å²) < 4.78 is 0. The van der Waals surface area contributed by atoms with E-state index in [1.165, 1.54) is 0 Å². The molecule has 0 spiro atoms. The molecule has 0 amide bonds. The molecule has 3 N–H and O–H groups in total. The van der Waals surface area contributed by atoms with Crippen molar-refractivity contribution in [3.05, 3.63) is 28.2 Å². The second kappa shape index (κ2) is 4.29. The minimum absolute atomic E-state index is 0.403. The van der Waals surface area contributed by atoms with Gasteiger partial charge in [0.1, 0.15) is 0 Å². The summed E-state index contributed by atoms with van der Waals surface area (Å²) in [4.78, 5) is 4.24. The van der Waals surface area contributed by atoms with Crippen LogP contribution in [0.5, 0.6) is 0 Å². The van der Waals surface area contributed by atoms with Gasteiger partial charge in [0.05, 0.1) is 16.1 Å². The molecule has 0 aliphatic heterocycles. The van der Waals surface area contributed by atoms with Crippen LogP contribution in [0.2, 0.25) is 10.0 Å². The lowest BCUT2D eigenvalue weighted by molar-refractivity contribution is 1.06. The summed E-state index contributed by atoms with van der Waals surface area (Å²) in [5, 5.41) is 3.99. The van der Waals surface area contributed by atoms with Crippen LogP contribution in [-0.4, -0.2) is 12.0 Å². The Hall–Kier alpha value is -0.930. The van der Waals surface area contributed by atoms with Crippen LogP contribution >= 0.6 is 23.2 Å². The van der Waals surface area contributed by atoms with E-state index in [0.717, 1.165) is 18.5 Å². The summed E-state index contributed by atoms with van der Waals surface area (Å²) in [6.07, 6.45) is 2.26. The van der Waals surface area contributed by atoms with Crippen LogP contribution in [0.25, 0.3) is 0 Å². The van der Waals surface area contributed by atoms with E-state index in [9.17, 15) is 0 Å². The van der Waals surface area contributed by atoms with Crippen molar-refractivity contribution < 1.29 is 0 Å². The summed E-state index contributed by atoms with van der Waals surface area (Å²) in [6.45, 7) is 0. The number of anilines is 1. The fraction of sp³-hybridized carbons (Fsp3) is 0.300. The van der Waals surface area contributed by atoms with Gasteiger partial charge in [0, 0.05) is 5.69 Å². The average Bonchev–Trinajstić information content (AvgIpc) is 2.95. The molecule has 3 nitrogen and oxygen atoms in total. The normalized spacial score (nSPS) is 16.5. The van der Waals surface area contributed by atoms with Crippen LogP contribution in [0.1, 0.15) is 12.8 Å². The van der Waals surface area contributed by atoms with Crippen molar-refractivity contribution in [1.82, 2.24) is 0 Å². The molecule has 1 aliphatic rings. The van der Waals surface area contributed by atoms with E-state index < -0.39 is 0 Å². The SMILES string of the molecule is NC(=NC1CC1)Nc1ccc(Cl)c(Cl)c1. The molecular weight excluding hydrogens is 233 g/mol. The molecule has 0 bridgehead atoms. The average molecular weight is 244 g/mol. The second-order valence-electron chi connectivity index (χ2n) is 3.50. The first-order chi connectivity index (χ1) is 7.15. The van der Waals surface area contributed by atoms with Gasteiger partial charge in [-0.3, -0.25) is 0 Å². The van der Waals surface area contributed by atoms with Crippen molar-refractivity contribution in [3.63, 3.8) is 0 Å². The Labute approximate surface area is 98.3 Å². The van der Waals surface area contributed by atoms with Crippen LogP contribution in [0.15, 0.2) is 23.2 Å². The molecule has 0 unspecified atom stereocenters. The van der Waals surface area contributed by atoms with Gasteiger partial charge in [-0.15, -0.1) is 0 Å². The molecule has 5 heteroatoms. The highest BCUT2D eigenvalue weighted by atomic mass is 35.5. The van der Waals surface area contributed by atoms with Gasteiger partial charge in [0.15, 0.2) is 5.96 Å². The first kappa shape index (κ1) is 10.6. The maximum atomic E-state index is 5.86. The third-order valence-electron chi connectivity index (χ3n) is 2.06. The summed E-state index contributed by atoms with van der Waals surface area (Å²) in [7, 11) is 0. The molecule has 1 aromatic carbocycles. The number of hydrogen-bond acceptors (Lipinski definition) is 1. The van der Waals surface area contributed by atoms with Crippen molar-refractivity contribution in [1.29, 1.82) is 0 Å². The predicted octanol–water partition coefficient (Wildman–Crippen LogP) is 2.88. The number of benzene rings is 1. The zero-order valence-electron chi connectivity index (χ0n) is 8.00. The Morgan fingerprint density at radius 1 is 1.33 bits per heavy atom. The fourth-order valence-electron chi connectivity index (χ4n) is 1.15. The lowest BCUT2D eigenvalue weighted by Crippen LogP contribution is -2.22. The van der Waals surface area contributed by atoms with Crippen molar-refractivity contribution in [2.45, 2.75) is 18.9 Å². The number of nitrogens with one attached hydrogen (secondary N) is 1. The number of halogens is 2. The molecule has 1 aromatic rings. The quantitative estimate of drug-likeness (QED) is 0.620. The van der Waals surface area contributed by atoms with E-state index >= 15 is 0 Å². The molecule has 80 valence electrons. The Balaban J connectivity index is 2.06. The monoisotopic (exact) mass is 243 g/mol. The van der Waals surface area contributed by atoms with Gasteiger partial charge in [0.25, 0.3) is 0 Å².